The summed E-state index contributed by atoms with van der Waals surface area (Å²) in [6.45, 7) is 3.78. The van der Waals surface area contributed by atoms with Gasteiger partial charge in [-0.15, -0.1) is 0 Å². The molecule has 0 bridgehead atoms. The molecule has 100 valence electrons. The van der Waals surface area contributed by atoms with Gasteiger partial charge in [-0.2, -0.15) is 0 Å². The molecular formula is C15H13ClF2O. The average molecular weight is 283 g/mol. The van der Waals surface area contributed by atoms with Crippen LogP contribution in [0.15, 0.2) is 30.3 Å². The minimum Gasteiger partial charge on any atom is -0.384 e. The number of aryl methyl sites for hydroxylation is 1. The summed E-state index contributed by atoms with van der Waals surface area (Å²) in [5, 5.41) is 10.3. The Labute approximate surface area is 115 Å². The van der Waals surface area contributed by atoms with Gasteiger partial charge in [-0.25, -0.2) is 8.78 Å². The van der Waals surface area contributed by atoms with E-state index in [2.05, 4.69) is 0 Å². The third-order valence-corrected chi connectivity index (χ3v) is 3.60. The number of rotatable bonds is 2. The zero-order chi connectivity index (χ0) is 14.2. The van der Waals surface area contributed by atoms with Gasteiger partial charge < -0.3 is 5.11 Å². The van der Waals surface area contributed by atoms with Crippen molar-refractivity contribution in [3.05, 3.63) is 69.2 Å². The van der Waals surface area contributed by atoms with Crippen LogP contribution in [0.25, 0.3) is 0 Å². The highest BCUT2D eigenvalue weighted by Crippen LogP contribution is 2.32. The van der Waals surface area contributed by atoms with Crippen molar-refractivity contribution in [2.24, 2.45) is 0 Å². The summed E-state index contributed by atoms with van der Waals surface area (Å²) in [7, 11) is 0. The van der Waals surface area contributed by atoms with E-state index >= 15 is 0 Å². The minimum atomic E-state index is -1.08. The predicted octanol–water partition coefficient (Wildman–Crippen LogP) is 4.32. The van der Waals surface area contributed by atoms with E-state index in [1.165, 1.54) is 0 Å². The third-order valence-electron chi connectivity index (χ3n) is 3.28. The fourth-order valence-electron chi connectivity index (χ4n) is 1.99. The molecule has 0 saturated heterocycles. The number of aliphatic hydroxyl groups excluding tert-OH is 1. The van der Waals surface area contributed by atoms with E-state index in [1.807, 2.05) is 19.9 Å². The van der Waals surface area contributed by atoms with Crippen LogP contribution in [0.3, 0.4) is 0 Å². The Bertz CT molecular complexity index is 626. The van der Waals surface area contributed by atoms with Crippen LogP contribution < -0.4 is 0 Å². The summed E-state index contributed by atoms with van der Waals surface area (Å²) in [5.74, 6) is -2.05. The lowest BCUT2D eigenvalue weighted by Crippen LogP contribution is -2.05. The van der Waals surface area contributed by atoms with E-state index in [1.54, 1.807) is 12.1 Å². The summed E-state index contributed by atoms with van der Waals surface area (Å²) < 4.78 is 26.3. The van der Waals surface area contributed by atoms with Gasteiger partial charge in [0.2, 0.25) is 0 Å². The second kappa shape index (κ2) is 5.27. The number of hydrogen-bond donors (Lipinski definition) is 1. The van der Waals surface area contributed by atoms with Gasteiger partial charge >= 0.3 is 0 Å². The standard InChI is InChI=1S/C15H13ClF2O/c1-8-4-3-5-10(9(8)2)15(19)11-6-13(17)14(18)7-12(11)16/h3-7,15,19H,1-2H3. The van der Waals surface area contributed by atoms with E-state index in [0.29, 0.717) is 5.56 Å². The van der Waals surface area contributed by atoms with Gasteiger partial charge in [-0.05, 0) is 42.7 Å². The molecule has 2 rings (SSSR count). The molecule has 0 spiro atoms. The van der Waals surface area contributed by atoms with Gasteiger partial charge in [0.1, 0.15) is 6.10 Å². The van der Waals surface area contributed by atoms with Crippen molar-refractivity contribution in [3.63, 3.8) is 0 Å². The molecule has 0 aliphatic heterocycles. The fourth-order valence-corrected chi connectivity index (χ4v) is 2.24. The Morgan fingerprint density at radius 3 is 2.37 bits per heavy atom. The smallest absolute Gasteiger partial charge is 0.160 e. The van der Waals surface area contributed by atoms with E-state index < -0.39 is 17.7 Å². The Kier molecular flexibility index (Phi) is 3.88. The Hall–Kier alpha value is -1.45. The topological polar surface area (TPSA) is 20.2 Å². The van der Waals surface area contributed by atoms with E-state index in [9.17, 15) is 13.9 Å². The summed E-state index contributed by atoms with van der Waals surface area (Å²) in [5.41, 5.74) is 2.70. The van der Waals surface area contributed by atoms with Gasteiger partial charge in [-0.3, -0.25) is 0 Å². The molecule has 0 amide bonds. The highest BCUT2D eigenvalue weighted by Gasteiger charge is 2.19. The fraction of sp³-hybridized carbons (Fsp3) is 0.200. The third kappa shape index (κ3) is 2.62. The van der Waals surface area contributed by atoms with Crippen molar-refractivity contribution in [3.8, 4) is 0 Å². The van der Waals surface area contributed by atoms with Gasteiger partial charge in [-0.1, -0.05) is 29.8 Å². The first kappa shape index (κ1) is 14.0. The predicted molar refractivity (Wildman–Crippen MR) is 71.3 cm³/mol. The number of benzene rings is 2. The Balaban J connectivity index is 2.53. The van der Waals surface area contributed by atoms with Crippen LogP contribution in [0, 0.1) is 25.5 Å². The maximum Gasteiger partial charge on any atom is 0.160 e. The number of halogens is 3. The maximum atomic E-state index is 13.3. The second-order valence-corrected chi connectivity index (χ2v) is 4.89. The van der Waals surface area contributed by atoms with Crippen LogP contribution in [0.1, 0.15) is 28.4 Å². The van der Waals surface area contributed by atoms with Gasteiger partial charge in [0.05, 0.1) is 0 Å². The summed E-state index contributed by atoms with van der Waals surface area (Å²) in [6.07, 6.45) is -1.08. The molecule has 19 heavy (non-hydrogen) atoms. The number of aliphatic hydroxyl groups is 1. The molecule has 1 unspecified atom stereocenters. The average Bonchev–Trinajstić information content (AvgIpc) is 2.36. The van der Waals surface area contributed by atoms with Crippen LogP contribution in [0.5, 0.6) is 0 Å². The van der Waals surface area contributed by atoms with E-state index in [0.717, 1.165) is 23.3 Å². The Morgan fingerprint density at radius 1 is 1.05 bits per heavy atom. The molecule has 0 fully saturated rings. The molecule has 0 aliphatic rings. The summed E-state index contributed by atoms with van der Waals surface area (Å²) in [4.78, 5) is 0. The van der Waals surface area contributed by atoms with E-state index in [4.69, 9.17) is 11.6 Å². The van der Waals surface area contributed by atoms with Gasteiger partial charge in [0, 0.05) is 10.6 Å². The first-order chi connectivity index (χ1) is 8.91. The second-order valence-electron chi connectivity index (χ2n) is 4.48. The molecule has 1 atom stereocenters. The van der Waals surface area contributed by atoms with Crippen LogP contribution in [-0.4, -0.2) is 5.11 Å². The highest BCUT2D eigenvalue weighted by molar-refractivity contribution is 6.31. The molecule has 2 aromatic carbocycles. The largest absolute Gasteiger partial charge is 0.384 e. The van der Waals surface area contributed by atoms with Gasteiger partial charge in [0.25, 0.3) is 0 Å². The molecule has 4 heteroatoms. The molecule has 0 radical (unpaired) electrons. The molecule has 0 aliphatic carbocycles. The lowest BCUT2D eigenvalue weighted by Gasteiger charge is -2.17. The van der Waals surface area contributed by atoms with Crippen molar-refractivity contribution in [1.82, 2.24) is 0 Å². The first-order valence-corrected chi connectivity index (χ1v) is 6.18. The molecule has 1 nitrogen and oxygen atoms in total. The SMILES string of the molecule is Cc1cccc(C(O)c2cc(F)c(F)cc2Cl)c1C. The van der Waals surface area contributed by atoms with Crippen LogP contribution in [0.4, 0.5) is 8.78 Å². The minimum absolute atomic E-state index is 0.00676. The van der Waals surface area contributed by atoms with Crippen molar-refractivity contribution in [2.75, 3.05) is 0 Å². The lowest BCUT2D eigenvalue weighted by atomic mass is 9.95. The van der Waals surface area contributed by atoms with Crippen LogP contribution in [0.2, 0.25) is 5.02 Å². The highest BCUT2D eigenvalue weighted by atomic mass is 35.5. The summed E-state index contributed by atoms with van der Waals surface area (Å²) >= 11 is 5.87. The molecule has 0 heterocycles. The summed E-state index contributed by atoms with van der Waals surface area (Å²) in [6, 6.07) is 7.27. The van der Waals surface area contributed by atoms with Crippen molar-refractivity contribution in [2.45, 2.75) is 20.0 Å². The Morgan fingerprint density at radius 2 is 1.68 bits per heavy atom. The van der Waals surface area contributed by atoms with Crippen molar-refractivity contribution < 1.29 is 13.9 Å². The quantitative estimate of drug-likeness (QED) is 0.814. The normalized spacial score (nSPS) is 12.5. The van der Waals surface area contributed by atoms with Crippen LogP contribution >= 0.6 is 11.6 Å². The van der Waals surface area contributed by atoms with Crippen molar-refractivity contribution in [1.29, 1.82) is 0 Å². The zero-order valence-electron chi connectivity index (χ0n) is 10.5. The van der Waals surface area contributed by atoms with E-state index in [-0.39, 0.29) is 10.6 Å². The van der Waals surface area contributed by atoms with Crippen molar-refractivity contribution >= 4 is 11.6 Å². The molecule has 0 saturated carbocycles. The molecule has 2 aromatic rings. The molecule has 0 aromatic heterocycles. The monoisotopic (exact) mass is 282 g/mol. The maximum absolute atomic E-state index is 13.3. The lowest BCUT2D eigenvalue weighted by molar-refractivity contribution is 0.219. The van der Waals surface area contributed by atoms with Gasteiger partial charge in [0.15, 0.2) is 11.6 Å². The molecular weight excluding hydrogens is 270 g/mol. The first-order valence-electron chi connectivity index (χ1n) is 5.80. The molecule has 1 N–H and O–H groups in total. The van der Waals surface area contributed by atoms with Crippen LogP contribution in [-0.2, 0) is 0 Å². The number of hydrogen-bond acceptors (Lipinski definition) is 1. The zero-order valence-corrected chi connectivity index (χ0v) is 11.3.